The van der Waals surface area contributed by atoms with E-state index in [0.29, 0.717) is 27.9 Å². The topological polar surface area (TPSA) is 86.8 Å². The maximum Gasteiger partial charge on any atom is 0.405 e. The molecular formula is C18H18ClF3N6O. The van der Waals surface area contributed by atoms with Crippen molar-refractivity contribution in [3.8, 4) is 11.4 Å². The minimum absolute atomic E-state index is 0.358. The molecule has 3 heterocycles. The van der Waals surface area contributed by atoms with Gasteiger partial charge in [-0.3, -0.25) is 4.79 Å². The van der Waals surface area contributed by atoms with Crippen LogP contribution in [0.5, 0.6) is 0 Å². The van der Waals surface area contributed by atoms with Crippen LogP contribution in [0.15, 0.2) is 30.7 Å². The third kappa shape index (κ3) is 4.42. The highest BCUT2D eigenvalue weighted by Gasteiger charge is 2.36. The molecule has 11 heteroatoms. The van der Waals surface area contributed by atoms with Crippen LogP contribution < -0.4 is 10.2 Å². The Hall–Kier alpha value is -2.88. The van der Waals surface area contributed by atoms with E-state index in [2.05, 4.69) is 19.9 Å². The molecular weight excluding hydrogens is 409 g/mol. The zero-order chi connectivity index (χ0) is 21.4. The number of fused-ring (bicyclic) bond motifs is 1. The van der Waals surface area contributed by atoms with Crippen LogP contribution in [-0.2, 0) is 4.79 Å². The predicted molar refractivity (Wildman–Crippen MR) is 104 cm³/mol. The van der Waals surface area contributed by atoms with Gasteiger partial charge in [0.15, 0.2) is 5.82 Å². The van der Waals surface area contributed by atoms with E-state index in [9.17, 15) is 18.0 Å². The number of aromatic nitrogens is 4. The number of carbonyl (C=O) groups is 1. The number of nitrogens with zero attached hydrogens (tertiary/aromatic N) is 4. The number of hydrogen-bond acceptors (Lipinski definition) is 5. The van der Waals surface area contributed by atoms with Crippen molar-refractivity contribution >= 4 is 34.4 Å². The standard InChI is InChI=1S/C18H18ClF3N6O/c1-17(2,16(29)26-9-18(20,21)22)28(3)13-4-5-23-15(27-13)12-8-25-14-11(12)6-10(19)7-24-14/h4-8H,9H2,1-3H3,(H,24,25)(H,26,29). The summed E-state index contributed by atoms with van der Waals surface area (Å²) in [6.07, 6.45) is 0.220. The van der Waals surface area contributed by atoms with E-state index in [-0.39, 0.29) is 0 Å². The van der Waals surface area contributed by atoms with E-state index in [0.717, 1.165) is 5.39 Å². The van der Waals surface area contributed by atoms with Gasteiger partial charge in [0.25, 0.3) is 0 Å². The minimum atomic E-state index is -4.49. The van der Waals surface area contributed by atoms with Crippen LogP contribution in [0.3, 0.4) is 0 Å². The summed E-state index contributed by atoms with van der Waals surface area (Å²) < 4.78 is 37.3. The van der Waals surface area contributed by atoms with Gasteiger partial charge in [-0.05, 0) is 26.0 Å². The Labute approximate surface area is 169 Å². The molecule has 0 aliphatic rings. The lowest BCUT2D eigenvalue weighted by atomic mass is 10.0. The van der Waals surface area contributed by atoms with Gasteiger partial charge >= 0.3 is 6.18 Å². The van der Waals surface area contributed by atoms with Crippen LogP contribution >= 0.6 is 11.6 Å². The maximum atomic E-state index is 12.4. The van der Waals surface area contributed by atoms with Crippen molar-refractivity contribution in [1.82, 2.24) is 25.3 Å². The van der Waals surface area contributed by atoms with E-state index in [4.69, 9.17) is 11.6 Å². The van der Waals surface area contributed by atoms with E-state index in [1.807, 2.05) is 5.32 Å². The number of pyridine rings is 1. The van der Waals surface area contributed by atoms with Crippen molar-refractivity contribution < 1.29 is 18.0 Å². The minimum Gasteiger partial charge on any atom is -0.345 e. The third-order valence-electron chi connectivity index (χ3n) is 4.57. The molecule has 0 saturated heterocycles. The summed E-state index contributed by atoms with van der Waals surface area (Å²) in [5.74, 6) is -0.0526. The zero-order valence-electron chi connectivity index (χ0n) is 15.8. The number of nitrogens with one attached hydrogen (secondary N) is 2. The largest absolute Gasteiger partial charge is 0.405 e. The lowest BCUT2D eigenvalue weighted by molar-refractivity contribution is -0.140. The molecule has 154 valence electrons. The van der Waals surface area contributed by atoms with E-state index >= 15 is 0 Å². The number of likely N-dealkylation sites (N-methyl/N-ethyl adjacent to an activating group) is 1. The molecule has 7 nitrogen and oxygen atoms in total. The number of carbonyl (C=O) groups excluding carboxylic acids is 1. The highest BCUT2D eigenvalue weighted by molar-refractivity contribution is 6.31. The fourth-order valence-corrected chi connectivity index (χ4v) is 2.82. The molecule has 0 aliphatic carbocycles. The summed E-state index contributed by atoms with van der Waals surface area (Å²) in [6, 6.07) is 3.30. The lowest BCUT2D eigenvalue weighted by Crippen LogP contribution is -2.55. The van der Waals surface area contributed by atoms with Gasteiger partial charge in [0.2, 0.25) is 5.91 Å². The number of alkyl halides is 3. The average molecular weight is 427 g/mol. The Bertz CT molecular complexity index is 1050. The first-order valence-corrected chi connectivity index (χ1v) is 8.92. The summed E-state index contributed by atoms with van der Waals surface area (Å²) in [6.45, 7) is 1.62. The summed E-state index contributed by atoms with van der Waals surface area (Å²) >= 11 is 6.02. The van der Waals surface area contributed by atoms with Gasteiger partial charge < -0.3 is 15.2 Å². The molecule has 2 N–H and O–H groups in total. The van der Waals surface area contributed by atoms with Crippen LogP contribution in [0.1, 0.15) is 13.8 Å². The average Bonchev–Trinajstić information content (AvgIpc) is 3.07. The summed E-state index contributed by atoms with van der Waals surface area (Å²) in [7, 11) is 1.58. The molecule has 3 aromatic heterocycles. The highest BCUT2D eigenvalue weighted by atomic mass is 35.5. The normalized spacial score (nSPS) is 12.2. The Balaban J connectivity index is 1.90. The molecule has 29 heavy (non-hydrogen) atoms. The van der Waals surface area contributed by atoms with E-state index in [1.54, 1.807) is 25.4 Å². The fraction of sp³-hybridized carbons (Fsp3) is 0.333. The molecule has 0 spiro atoms. The maximum absolute atomic E-state index is 12.4. The molecule has 0 radical (unpaired) electrons. The Kier molecular flexibility index (Phi) is 5.40. The van der Waals surface area contributed by atoms with Crippen molar-refractivity contribution in [2.24, 2.45) is 0 Å². The van der Waals surface area contributed by atoms with Gasteiger partial charge in [-0.1, -0.05) is 11.6 Å². The number of anilines is 1. The molecule has 0 bridgehead atoms. The SMILES string of the molecule is CN(c1ccnc(-c2c[nH]c3ncc(Cl)cc23)n1)C(C)(C)C(=O)NCC(F)(F)F. The van der Waals surface area contributed by atoms with Crippen molar-refractivity contribution in [2.75, 3.05) is 18.5 Å². The first-order valence-electron chi connectivity index (χ1n) is 8.54. The second-order valence-electron chi connectivity index (χ2n) is 6.91. The van der Waals surface area contributed by atoms with E-state index in [1.165, 1.54) is 31.1 Å². The molecule has 0 saturated carbocycles. The smallest absolute Gasteiger partial charge is 0.345 e. The number of rotatable bonds is 5. The quantitative estimate of drug-likeness (QED) is 0.651. The molecule has 0 aliphatic heterocycles. The first kappa shape index (κ1) is 20.8. The van der Waals surface area contributed by atoms with Crippen LogP contribution in [0.25, 0.3) is 22.4 Å². The predicted octanol–water partition coefficient (Wildman–Crippen LogP) is 3.57. The molecule has 3 aromatic rings. The van der Waals surface area contributed by atoms with Crippen LogP contribution in [0.4, 0.5) is 19.0 Å². The van der Waals surface area contributed by atoms with Crippen molar-refractivity contribution in [3.63, 3.8) is 0 Å². The number of amides is 1. The second-order valence-corrected chi connectivity index (χ2v) is 7.34. The fourth-order valence-electron chi connectivity index (χ4n) is 2.66. The first-order chi connectivity index (χ1) is 13.5. The van der Waals surface area contributed by atoms with Gasteiger partial charge in [-0.2, -0.15) is 13.2 Å². The number of hydrogen-bond donors (Lipinski definition) is 2. The van der Waals surface area contributed by atoms with Crippen molar-refractivity contribution in [3.05, 3.63) is 35.7 Å². The Morgan fingerprint density at radius 1 is 1.31 bits per heavy atom. The summed E-state index contributed by atoms with van der Waals surface area (Å²) in [5, 5.41) is 3.08. The molecule has 1 amide bonds. The van der Waals surface area contributed by atoms with Crippen molar-refractivity contribution in [1.29, 1.82) is 0 Å². The number of aromatic amines is 1. The monoisotopic (exact) mass is 426 g/mol. The molecule has 0 unspecified atom stereocenters. The van der Waals surface area contributed by atoms with Crippen LogP contribution in [0, 0.1) is 0 Å². The number of H-pyrrole nitrogens is 1. The van der Waals surface area contributed by atoms with Crippen molar-refractivity contribution in [2.45, 2.75) is 25.6 Å². The van der Waals surface area contributed by atoms with Gasteiger partial charge in [-0.15, -0.1) is 0 Å². The molecule has 0 aromatic carbocycles. The Morgan fingerprint density at radius 2 is 2.03 bits per heavy atom. The Morgan fingerprint density at radius 3 is 2.72 bits per heavy atom. The summed E-state index contributed by atoms with van der Waals surface area (Å²) in [5.41, 5.74) is -0.0229. The van der Waals surface area contributed by atoms with Gasteiger partial charge in [0.05, 0.1) is 5.02 Å². The second kappa shape index (κ2) is 7.51. The van der Waals surface area contributed by atoms with E-state index < -0.39 is 24.2 Å². The summed E-state index contributed by atoms with van der Waals surface area (Å²) in [4.78, 5) is 29.8. The van der Waals surface area contributed by atoms with Gasteiger partial charge in [-0.25, -0.2) is 15.0 Å². The molecule has 0 atom stereocenters. The van der Waals surface area contributed by atoms with Crippen LogP contribution in [-0.4, -0.2) is 51.2 Å². The molecule has 3 rings (SSSR count). The number of halogens is 4. The zero-order valence-corrected chi connectivity index (χ0v) is 16.6. The third-order valence-corrected chi connectivity index (χ3v) is 4.77. The van der Waals surface area contributed by atoms with Gasteiger partial charge in [0.1, 0.15) is 23.5 Å². The lowest BCUT2D eigenvalue weighted by Gasteiger charge is -2.35. The van der Waals surface area contributed by atoms with Gasteiger partial charge in [0, 0.05) is 36.6 Å². The molecule has 0 fully saturated rings. The van der Waals surface area contributed by atoms with Crippen LogP contribution in [0.2, 0.25) is 5.02 Å². The highest BCUT2D eigenvalue weighted by Crippen LogP contribution is 2.29.